The Bertz CT molecular complexity index is 700. The van der Waals surface area contributed by atoms with Crippen molar-refractivity contribution in [3.05, 3.63) is 71.3 Å². The summed E-state index contributed by atoms with van der Waals surface area (Å²) >= 11 is 1.50. The van der Waals surface area contributed by atoms with Crippen molar-refractivity contribution in [1.29, 1.82) is 0 Å². The molecule has 0 amide bonds. The Labute approximate surface area is 152 Å². The molecule has 0 aliphatic heterocycles. The van der Waals surface area contributed by atoms with Crippen LogP contribution >= 0.6 is 11.8 Å². The molecule has 0 aromatic heterocycles. The Morgan fingerprint density at radius 1 is 1.04 bits per heavy atom. The van der Waals surface area contributed by atoms with E-state index in [2.05, 4.69) is 0 Å². The molecule has 2 rings (SSSR count). The lowest BCUT2D eigenvalue weighted by molar-refractivity contribution is -0.143. The molecule has 0 spiro atoms. The lowest BCUT2D eigenvalue weighted by Gasteiger charge is -2.18. The summed E-state index contributed by atoms with van der Waals surface area (Å²) in [5.74, 6) is 0.0560. The highest BCUT2D eigenvalue weighted by Gasteiger charge is 2.25. The molecular formula is C20H22O4S. The van der Waals surface area contributed by atoms with Crippen LogP contribution in [-0.4, -0.2) is 25.7 Å². The summed E-state index contributed by atoms with van der Waals surface area (Å²) in [4.78, 5) is 24.2. The third kappa shape index (κ3) is 5.64. The van der Waals surface area contributed by atoms with Crippen molar-refractivity contribution in [2.75, 3.05) is 13.7 Å². The second-order valence-electron chi connectivity index (χ2n) is 5.38. The van der Waals surface area contributed by atoms with E-state index in [1.165, 1.54) is 18.9 Å². The summed E-state index contributed by atoms with van der Waals surface area (Å²) in [6.07, 6.45) is 0.133. The van der Waals surface area contributed by atoms with Crippen molar-refractivity contribution in [1.82, 2.24) is 0 Å². The quantitative estimate of drug-likeness (QED) is 0.669. The average Bonchev–Trinajstić information content (AvgIpc) is 2.64. The number of rotatable bonds is 8. The molecule has 0 aliphatic carbocycles. The number of esters is 2. The molecule has 1 atom stereocenters. The van der Waals surface area contributed by atoms with Gasteiger partial charge in [0.2, 0.25) is 0 Å². The molecule has 5 heteroatoms. The number of carbonyl (C=O) groups is 2. The maximum atomic E-state index is 12.5. The van der Waals surface area contributed by atoms with Crippen LogP contribution in [-0.2, 0) is 31.2 Å². The second kappa shape index (κ2) is 9.89. The van der Waals surface area contributed by atoms with E-state index >= 15 is 0 Å². The molecule has 0 heterocycles. The van der Waals surface area contributed by atoms with Crippen LogP contribution in [0.25, 0.3) is 0 Å². The smallest absolute Gasteiger partial charge is 0.323 e. The van der Waals surface area contributed by atoms with Crippen LogP contribution in [0.4, 0.5) is 0 Å². The highest BCUT2D eigenvalue weighted by atomic mass is 32.2. The fraction of sp³-hybridized carbons (Fsp3) is 0.300. The number of carbonyl (C=O) groups excluding carboxylic acids is 2. The van der Waals surface area contributed by atoms with Crippen LogP contribution in [0.3, 0.4) is 0 Å². The first-order chi connectivity index (χ1) is 12.2. The van der Waals surface area contributed by atoms with Crippen LogP contribution in [0.1, 0.15) is 28.9 Å². The van der Waals surface area contributed by atoms with Gasteiger partial charge in [-0.25, -0.2) is 0 Å². The number of hydrogen-bond donors (Lipinski definition) is 0. The molecule has 25 heavy (non-hydrogen) atoms. The summed E-state index contributed by atoms with van der Waals surface area (Å²) in [5.41, 5.74) is 2.72. The SMILES string of the molecule is CCOC(=O)C(SCc1ccccc1)c1ccccc1CC(=O)OC. The third-order valence-corrected chi connectivity index (χ3v) is 4.94. The van der Waals surface area contributed by atoms with Gasteiger partial charge in [0.15, 0.2) is 0 Å². The van der Waals surface area contributed by atoms with Gasteiger partial charge in [-0.05, 0) is 23.6 Å². The van der Waals surface area contributed by atoms with Crippen LogP contribution in [0, 0.1) is 0 Å². The maximum absolute atomic E-state index is 12.5. The monoisotopic (exact) mass is 358 g/mol. The van der Waals surface area contributed by atoms with Gasteiger partial charge in [-0.15, -0.1) is 11.8 Å². The van der Waals surface area contributed by atoms with Crippen LogP contribution < -0.4 is 0 Å². The molecule has 0 radical (unpaired) electrons. The van der Waals surface area contributed by atoms with Crippen molar-refractivity contribution in [2.24, 2.45) is 0 Å². The van der Waals surface area contributed by atoms with Gasteiger partial charge in [0.1, 0.15) is 5.25 Å². The topological polar surface area (TPSA) is 52.6 Å². The van der Waals surface area contributed by atoms with Gasteiger partial charge in [-0.3, -0.25) is 9.59 Å². The minimum absolute atomic E-state index is 0.133. The third-order valence-electron chi connectivity index (χ3n) is 3.66. The summed E-state index contributed by atoms with van der Waals surface area (Å²) in [6.45, 7) is 2.11. The first-order valence-corrected chi connectivity index (χ1v) is 9.17. The minimum atomic E-state index is -0.485. The van der Waals surface area contributed by atoms with Gasteiger partial charge in [-0.1, -0.05) is 54.6 Å². The molecule has 0 aliphatic rings. The van der Waals surface area contributed by atoms with Crippen LogP contribution in [0.2, 0.25) is 0 Å². The number of benzene rings is 2. The predicted molar refractivity (Wildman–Crippen MR) is 99.3 cm³/mol. The van der Waals surface area contributed by atoms with Crippen molar-refractivity contribution >= 4 is 23.7 Å². The molecule has 0 saturated carbocycles. The fourth-order valence-corrected chi connectivity index (χ4v) is 3.60. The average molecular weight is 358 g/mol. The Hall–Kier alpha value is -2.27. The Morgan fingerprint density at radius 2 is 1.72 bits per heavy atom. The van der Waals surface area contributed by atoms with E-state index in [0.717, 1.165) is 16.7 Å². The van der Waals surface area contributed by atoms with Crippen LogP contribution in [0.5, 0.6) is 0 Å². The Kier molecular flexibility index (Phi) is 7.54. The maximum Gasteiger partial charge on any atom is 0.323 e. The zero-order chi connectivity index (χ0) is 18.1. The van der Waals surface area contributed by atoms with Crippen molar-refractivity contribution in [3.8, 4) is 0 Å². The Balaban J connectivity index is 2.25. The summed E-state index contributed by atoms with van der Waals surface area (Å²) in [5, 5.41) is -0.485. The lowest BCUT2D eigenvalue weighted by atomic mass is 10.0. The van der Waals surface area contributed by atoms with E-state index in [-0.39, 0.29) is 18.4 Å². The van der Waals surface area contributed by atoms with E-state index in [9.17, 15) is 9.59 Å². The summed E-state index contributed by atoms with van der Waals surface area (Å²) < 4.78 is 10.0. The molecule has 0 fully saturated rings. The molecule has 0 saturated heterocycles. The van der Waals surface area contributed by atoms with E-state index in [0.29, 0.717) is 12.4 Å². The molecule has 132 valence electrons. The van der Waals surface area contributed by atoms with Crippen molar-refractivity contribution in [3.63, 3.8) is 0 Å². The second-order valence-corrected chi connectivity index (χ2v) is 6.47. The number of ether oxygens (including phenoxy) is 2. The normalized spacial score (nSPS) is 11.6. The summed E-state index contributed by atoms with van der Waals surface area (Å²) in [7, 11) is 1.36. The molecule has 1 unspecified atom stereocenters. The van der Waals surface area contributed by atoms with E-state index in [4.69, 9.17) is 9.47 Å². The molecule has 2 aromatic rings. The lowest BCUT2D eigenvalue weighted by Crippen LogP contribution is -2.16. The standard InChI is InChI=1S/C20H22O4S/c1-3-24-20(22)19(25-14-15-9-5-4-6-10-15)17-12-8-7-11-16(17)13-18(21)23-2/h4-12,19H,3,13-14H2,1-2H3. The van der Waals surface area contributed by atoms with E-state index in [1.807, 2.05) is 54.6 Å². The molecule has 0 N–H and O–H groups in total. The molecule has 4 nitrogen and oxygen atoms in total. The highest BCUT2D eigenvalue weighted by molar-refractivity contribution is 7.99. The first-order valence-electron chi connectivity index (χ1n) is 8.12. The number of thioether (sulfide) groups is 1. The summed E-state index contributed by atoms with van der Waals surface area (Å²) in [6, 6.07) is 17.4. The minimum Gasteiger partial charge on any atom is -0.469 e. The molecule has 0 bridgehead atoms. The predicted octanol–water partition coefficient (Wildman–Crippen LogP) is 3.94. The zero-order valence-electron chi connectivity index (χ0n) is 14.4. The van der Waals surface area contributed by atoms with Gasteiger partial charge < -0.3 is 9.47 Å². The van der Waals surface area contributed by atoms with Gasteiger partial charge in [-0.2, -0.15) is 0 Å². The highest BCUT2D eigenvalue weighted by Crippen LogP contribution is 2.35. The van der Waals surface area contributed by atoms with Gasteiger partial charge in [0, 0.05) is 5.75 Å². The zero-order valence-corrected chi connectivity index (χ0v) is 15.3. The van der Waals surface area contributed by atoms with Gasteiger partial charge in [0.25, 0.3) is 0 Å². The van der Waals surface area contributed by atoms with Gasteiger partial charge in [0.05, 0.1) is 20.1 Å². The van der Waals surface area contributed by atoms with E-state index in [1.54, 1.807) is 6.92 Å². The van der Waals surface area contributed by atoms with E-state index < -0.39 is 5.25 Å². The number of methoxy groups -OCH3 is 1. The van der Waals surface area contributed by atoms with Gasteiger partial charge >= 0.3 is 11.9 Å². The molecular weight excluding hydrogens is 336 g/mol. The Morgan fingerprint density at radius 3 is 2.40 bits per heavy atom. The number of hydrogen-bond acceptors (Lipinski definition) is 5. The first kappa shape index (κ1) is 19.1. The largest absolute Gasteiger partial charge is 0.469 e. The van der Waals surface area contributed by atoms with Crippen molar-refractivity contribution in [2.45, 2.75) is 24.3 Å². The fourth-order valence-electron chi connectivity index (χ4n) is 2.44. The van der Waals surface area contributed by atoms with Crippen molar-refractivity contribution < 1.29 is 19.1 Å². The molecule has 2 aromatic carbocycles. The van der Waals surface area contributed by atoms with Crippen LogP contribution in [0.15, 0.2) is 54.6 Å².